The molecular formula is C9H10N2OS. The molecule has 0 saturated heterocycles. The Kier molecular flexibility index (Phi) is 2.97. The van der Waals surface area contributed by atoms with E-state index < -0.39 is 0 Å². The minimum atomic E-state index is -0.187. The van der Waals surface area contributed by atoms with E-state index in [9.17, 15) is 4.79 Å². The first kappa shape index (κ1) is 9.67. The van der Waals surface area contributed by atoms with Crippen LogP contribution in [0.1, 0.15) is 10.4 Å². The minimum Gasteiger partial charge on any atom is -0.376 e. The van der Waals surface area contributed by atoms with E-state index in [0.717, 1.165) is 0 Å². The van der Waals surface area contributed by atoms with Gasteiger partial charge in [-0.2, -0.15) is 0 Å². The lowest BCUT2D eigenvalue weighted by atomic mass is 10.2. The molecule has 1 rings (SSSR count). The number of carbonyl (C=O) groups excluding carboxylic acids is 1. The molecule has 0 radical (unpaired) electrons. The van der Waals surface area contributed by atoms with Gasteiger partial charge in [-0.05, 0) is 24.4 Å². The quantitative estimate of drug-likeness (QED) is 0.678. The monoisotopic (exact) mass is 194 g/mol. The van der Waals surface area contributed by atoms with E-state index in [1.54, 1.807) is 31.3 Å². The molecule has 0 bridgehead atoms. The highest BCUT2D eigenvalue weighted by Crippen LogP contribution is 2.02. The summed E-state index contributed by atoms with van der Waals surface area (Å²) in [6, 6.07) is 8.87. The number of hydrogen-bond acceptors (Lipinski definition) is 2. The molecule has 13 heavy (non-hydrogen) atoms. The first-order valence-electron chi connectivity index (χ1n) is 3.75. The maximum Gasteiger partial charge on any atom is 0.259 e. The Morgan fingerprint density at radius 3 is 2.38 bits per heavy atom. The summed E-state index contributed by atoms with van der Waals surface area (Å²) >= 11 is 4.68. The van der Waals surface area contributed by atoms with E-state index in [1.807, 2.05) is 6.07 Å². The smallest absolute Gasteiger partial charge is 0.259 e. The van der Waals surface area contributed by atoms with Crippen molar-refractivity contribution in [2.75, 3.05) is 7.05 Å². The zero-order valence-electron chi connectivity index (χ0n) is 7.23. The topological polar surface area (TPSA) is 46.3 Å². The van der Waals surface area contributed by atoms with E-state index in [2.05, 4.69) is 12.2 Å². The lowest BCUT2D eigenvalue weighted by Gasteiger charge is -2.14. The molecule has 0 unspecified atom stereocenters. The Labute approximate surface area is 82.1 Å². The fraction of sp³-hybridized carbons (Fsp3) is 0.111. The number of carbonyl (C=O) groups is 1. The summed E-state index contributed by atoms with van der Waals surface area (Å²) in [6.07, 6.45) is 0. The first-order valence-corrected chi connectivity index (χ1v) is 4.16. The van der Waals surface area contributed by atoms with E-state index in [4.69, 9.17) is 5.73 Å². The first-order chi connectivity index (χ1) is 6.13. The summed E-state index contributed by atoms with van der Waals surface area (Å²) in [5.41, 5.74) is 5.89. The molecule has 0 aliphatic rings. The highest BCUT2D eigenvalue weighted by molar-refractivity contribution is 7.80. The third-order valence-electron chi connectivity index (χ3n) is 1.66. The fourth-order valence-corrected chi connectivity index (χ4v) is 0.957. The third-order valence-corrected chi connectivity index (χ3v) is 1.93. The van der Waals surface area contributed by atoms with Gasteiger partial charge in [-0.1, -0.05) is 18.2 Å². The summed E-state index contributed by atoms with van der Waals surface area (Å²) in [7, 11) is 1.55. The summed E-state index contributed by atoms with van der Waals surface area (Å²) in [4.78, 5) is 12.8. The van der Waals surface area contributed by atoms with Crippen LogP contribution in [-0.4, -0.2) is 23.0 Å². The molecule has 4 heteroatoms. The summed E-state index contributed by atoms with van der Waals surface area (Å²) in [6.45, 7) is 0. The van der Waals surface area contributed by atoms with Crippen molar-refractivity contribution in [3.63, 3.8) is 0 Å². The van der Waals surface area contributed by atoms with Crippen LogP contribution < -0.4 is 5.73 Å². The predicted octanol–water partition coefficient (Wildman–Crippen LogP) is 1.00. The number of nitrogens with zero attached hydrogens (tertiary/aromatic N) is 1. The molecule has 2 N–H and O–H groups in total. The molecule has 0 aromatic heterocycles. The molecule has 0 fully saturated rings. The highest BCUT2D eigenvalue weighted by atomic mass is 32.1. The molecule has 0 heterocycles. The van der Waals surface area contributed by atoms with Gasteiger partial charge in [0.25, 0.3) is 5.91 Å². The average molecular weight is 194 g/mol. The number of amides is 1. The van der Waals surface area contributed by atoms with Crippen molar-refractivity contribution in [1.82, 2.24) is 4.90 Å². The van der Waals surface area contributed by atoms with Gasteiger partial charge in [0.15, 0.2) is 5.11 Å². The van der Waals surface area contributed by atoms with Gasteiger partial charge in [0.05, 0.1) is 0 Å². The average Bonchev–Trinajstić information content (AvgIpc) is 2.17. The molecule has 1 amide bonds. The van der Waals surface area contributed by atoms with Crippen molar-refractivity contribution in [2.24, 2.45) is 5.73 Å². The number of nitrogens with two attached hydrogens (primary N) is 1. The van der Waals surface area contributed by atoms with Gasteiger partial charge in [0.2, 0.25) is 0 Å². The van der Waals surface area contributed by atoms with Crippen molar-refractivity contribution < 1.29 is 4.79 Å². The molecule has 3 nitrogen and oxygen atoms in total. The molecule has 68 valence electrons. The van der Waals surface area contributed by atoms with Crippen molar-refractivity contribution in [3.05, 3.63) is 35.9 Å². The van der Waals surface area contributed by atoms with Gasteiger partial charge in [-0.25, -0.2) is 0 Å². The van der Waals surface area contributed by atoms with E-state index in [0.29, 0.717) is 5.56 Å². The number of hydrogen-bond donors (Lipinski definition) is 1. The van der Waals surface area contributed by atoms with Crippen LogP contribution in [0.25, 0.3) is 0 Å². The van der Waals surface area contributed by atoms with Crippen LogP contribution >= 0.6 is 12.2 Å². The van der Waals surface area contributed by atoms with Crippen LogP contribution in [0.5, 0.6) is 0 Å². The second-order valence-electron chi connectivity index (χ2n) is 2.57. The minimum absolute atomic E-state index is 0.0776. The molecule has 0 aliphatic carbocycles. The van der Waals surface area contributed by atoms with Gasteiger partial charge in [0, 0.05) is 12.6 Å². The van der Waals surface area contributed by atoms with Crippen LogP contribution in [0, 0.1) is 0 Å². The second-order valence-corrected chi connectivity index (χ2v) is 2.99. The maximum absolute atomic E-state index is 11.5. The molecule has 0 aliphatic heterocycles. The SMILES string of the molecule is CN(C(=O)c1ccccc1)C(N)=S. The fourth-order valence-electron chi connectivity index (χ4n) is 0.874. The Morgan fingerprint density at radius 1 is 1.38 bits per heavy atom. The number of thiocarbonyl (C=S) groups is 1. The highest BCUT2D eigenvalue weighted by Gasteiger charge is 2.12. The zero-order chi connectivity index (χ0) is 9.84. The van der Waals surface area contributed by atoms with Crippen molar-refractivity contribution in [3.8, 4) is 0 Å². The summed E-state index contributed by atoms with van der Waals surface area (Å²) in [5, 5.41) is 0.0776. The molecule has 1 aromatic rings. The van der Waals surface area contributed by atoms with Gasteiger partial charge in [-0.3, -0.25) is 9.69 Å². The molecule has 1 aromatic carbocycles. The van der Waals surface area contributed by atoms with Gasteiger partial charge in [-0.15, -0.1) is 0 Å². The normalized spacial score (nSPS) is 9.31. The Morgan fingerprint density at radius 2 is 1.92 bits per heavy atom. The Bertz CT molecular complexity index is 324. The molecule has 0 atom stereocenters. The van der Waals surface area contributed by atoms with Crippen molar-refractivity contribution in [2.45, 2.75) is 0 Å². The van der Waals surface area contributed by atoms with Gasteiger partial charge in [0.1, 0.15) is 0 Å². The van der Waals surface area contributed by atoms with Gasteiger partial charge >= 0.3 is 0 Å². The van der Waals surface area contributed by atoms with E-state index in [-0.39, 0.29) is 11.0 Å². The molecule has 0 saturated carbocycles. The predicted molar refractivity (Wildman–Crippen MR) is 55.3 cm³/mol. The molecule has 0 spiro atoms. The van der Waals surface area contributed by atoms with Crippen LogP contribution in [0.4, 0.5) is 0 Å². The third kappa shape index (κ3) is 2.26. The van der Waals surface area contributed by atoms with Crippen molar-refractivity contribution in [1.29, 1.82) is 0 Å². The van der Waals surface area contributed by atoms with Gasteiger partial charge < -0.3 is 5.73 Å². The summed E-state index contributed by atoms with van der Waals surface area (Å²) < 4.78 is 0. The Hall–Kier alpha value is -1.42. The van der Waals surface area contributed by atoms with Crippen LogP contribution in [-0.2, 0) is 0 Å². The maximum atomic E-state index is 11.5. The van der Waals surface area contributed by atoms with Crippen molar-refractivity contribution >= 4 is 23.2 Å². The standard InChI is InChI=1S/C9H10N2OS/c1-11(9(10)13)8(12)7-5-3-2-4-6-7/h2-6H,1H3,(H2,10,13). The van der Waals surface area contributed by atoms with Crippen LogP contribution in [0.15, 0.2) is 30.3 Å². The number of rotatable bonds is 1. The van der Waals surface area contributed by atoms with E-state index >= 15 is 0 Å². The van der Waals surface area contributed by atoms with E-state index in [1.165, 1.54) is 4.90 Å². The zero-order valence-corrected chi connectivity index (χ0v) is 8.04. The summed E-state index contributed by atoms with van der Waals surface area (Å²) in [5.74, 6) is -0.187. The van der Waals surface area contributed by atoms with Crippen LogP contribution in [0.2, 0.25) is 0 Å². The lowest BCUT2D eigenvalue weighted by molar-refractivity contribution is 0.0872. The lowest BCUT2D eigenvalue weighted by Crippen LogP contribution is -2.36. The second kappa shape index (κ2) is 4.00. The Balaban J connectivity index is 2.86. The largest absolute Gasteiger partial charge is 0.376 e. The van der Waals surface area contributed by atoms with Crippen LogP contribution in [0.3, 0.4) is 0 Å². The molecular weight excluding hydrogens is 184 g/mol. The number of benzene rings is 1.